The Morgan fingerprint density at radius 2 is 2.00 bits per heavy atom. The van der Waals surface area contributed by atoms with Crippen LogP contribution in [0.2, 0.25) is 0 Å². The Kier molecular flexibility index (Phi) is 5.10. The van der Waals surface area contributed by atoms with Gasteiger partial charge in [-0.3, -0.25) is 0 Å². The van der Waals surface area contributed by atoms with E-state index in [4.69, 9.17) is 9.72 Å². The van der Waals surface area contributed by atoms with Crippen molar-refractivity contribution in [2.24, 2.45) is 0 Å². The van der Waals surface area contributed by atoms with Crippen molar-refractivity contribution in [3.05, 3.63) is 15.6 Å². The number of nitrogens with one attached hydrogen (secondary N) is 1. The van der Waals surface area contributed by atoms with Crippen LogP contribution in [-0.2, 0) is 23.3 Å². The molecule has 0 atom stereocenters. The number of thiazole rings is 1. The van der Waals surface area contributed by atoms with Gasteiger partial charge in [0.25, 0.3) is 0 Å². The molecule has 0 aliphatic heterocycles. The van der Waals surface area contributed by atoms with Crippen molar-refractivity contribution in [3.8, 4) is 0 Å². The summed E-state index contributed by atoms with van der Waals surface area (Å²) in [4.78, 5) is 6.03. The zero-order valence-electron chi connectivity index (χ0n) is 11.8. The highest BCUT2D eigenvalue weighted by atomic mass is 32.1. The normalized spacial score (nSPS) is 12.4. The highest BCUT2D eigenvalue weighted by Gasteiger charge is 2.23. The van der Waals surface area contributed by atoms with E-state index in [2.05, 4.69) is 39.9 Å². The van der Waals surface area contributed by atoms with Gasteiger partial charge in [0.05, 0.1) is 12.3 Å². The summed E-state index contributed by atoms with van der Waals surface area (Å²) in [7, 11) is 1.71. The number of hydrogen-bond acceptors (Lipinski definition) is 4. The first-order valence-electron chi connectivity index (χ1n) is 6.06. The van der Waals surface area contributed by atoms with Crippen molar-refractivity contribution in [1.82, 2.24) is 10.3 Å². The van der Waals surface area contributed by atoms with E-state index in [1.54, 1.807) is 18.4 Å². The van der Waals surface area contributed by atoms with Crippen LogP contribution in [0, 0.1) is 0 Å². The molecule has 0 aromatic carbocycles. The molecular weight excluding hydrogens is 232 g/mol. The van der Waals surface area contributed by atoms with Gasteiger partial charge in [-0.05, 0) is 0 Å². The second-order valence-electron chi connectivity index (χ2n) is 5.60. The van der Waals surface area contributed by atoms with Gasteiger partial charge in [-0.2, -0.15) is 0 Å². The van der Waals surface area contributed by atoms with Gasteiger partial charge in [0, 0.05) is 30.0 Å². The SMILES string of the molecule is COCc1nc(C(C)(C)C)c(CNC(C)C)s1. The molecule has 1 aromatic heterocycles. The van der Waals surface area contributed by atoms with E-state index >= 15 is 0 Å². The molecule has 0 saturated carbocycles. The van der Waals surface area contributed by atoms with Crippen molar-refractivity contribution < 1.29 is 4.74 Å². The lowest BCUT2D eigenvalue weighted by atomic mass is 9.91. The number of rotatable bonds is 5. The van der Waals surface area contributed by atoms with E-state index in [-0.39, 0.29) is 5.41 Å². The summed E-state index contributed by atoms with van der Waals surface area (Å²) in [5.41, 5.74) is 1.29. The van der Waals surface area contributed by atoms with Gasteiger partial charge in [-0.15, -0.1) is 11.3 Å². The molecule has 0 fully saturated rings. The van der Waals surface area contributed by atoms with E-state index in [9.17, 15) is 0 Å². The van der Waals surface area contributed by atoms with Crippen LogP contribution in [0.15, 0.2) is 0 Å². The molecular formula is C13H24N2OS. The topological polar surface area (TPSA) is 34.1 Å². The number of aromatic nitrogens is 1. The molecule has 1 N–H and O–H groups in total. The summed E-state index contributed by atoms with van der Waals surface area (Å²) in [6, 6.07) is 0.496. The first-order chi connectivity index (χ1) is 7.84. The van der Waals surface area contributed by atoms with Crippen molar-refractivity contribution >= 4 is 11.3 Å². The van der Waals surface area contributed by atoms with Gasteiger partial charge in [0.15, 0.2) is 0 Å². The summed E-state index contributed by atoms with van der Waals surface area (Å²) < 4.78 is 5.16. The molecule has 0 aliphatic rings. The fourth-order valence-corrected chi connectivity index (χ4v) is 2.79. The average Bonchev–Trinajstić information content (AvgIpc) is 2.58. The van der Waals surface area contributed by atoms with Gasteiger partial charge in [-0.25, -0.2) is 4.98 Å². The molecule has 3 nitrogen and oxygen atoms in total. The summed E-state index contributed by atoms with van der Waals surface area (Å²) in [5, 5.41) is 4.53. The molecule has 4 heteroatoms. The molecule has 0 amide bonds. The lowest BCUT2D eigenvalue weighted by Gasteiger charge is -2.18. The maximum Gasteiger partial charge on any atom is 0.119 e. The lowest BCUT2D eigenvalue weighted by Crippen LogP contribution is -2.23. The maximum absolute atomic E-state index is 5.16. The number of hydrogen-bond donors (Lipinski definition) is 1. The third-order valence-corrected chi connectivity index (χ3v) is 3.42. The number of methoxy groups -OCH3 is 1. The van der Waals surface area contributed by atoms with Crippen LogP contribution in [0.4, 0.5) is 0 Å². The van der Waals surface area contributed by atoms with Crippen LogP contribution < -0.4 is 5.32 Å². The molecule has 0 bridgehead atoms. The predicted molar refractivity (Wildman–Crippen MR) is 73.5 cm³/mol. The van der Waals surface area contributed by atoms with Gasteiger partial charge >= 0.3 is 0 Å². The Bertz CT molecular complexity index is 353. The summed E-state index contributed by atoms with van der Waals surface area (Å²) in [5.74, 6) is 0. The van der Waals surface area contributed by atoms with Crippen LogP contribution in [0.3, 0.4) is 0 Å². The van der Waals surface area contributed by atoms with Crippen LogP contribution in [0.5, 0.6) is 0 Å². The standard InChI is InChI=1S/C13H24N2OS/c1-9(2)14-7-10-12(13(3,4)5)15-11(17-10)8-16-6/h9,14H,7-8H2,1-6H3. The minimum atomic E-state index is 0.0937. The Morgan fingerprint density at radius 1 is 1.35 bits per heavy atom. The Hall–Kier alpha value is -0.450. The first kappa shape index (κ1) is 14.6. The predicted octanol–water partition coefficient (Wildman–Crippen LogP) is 3.09. The van der Waals surface area contributed by atoms with E-state index in [0.29, 0.717) is 12.6 Å². The second-order valence-corrected chi connectivity index (χ2v) is 6.77. The van der Waals surface area contributed by atoms with Gasteiger partial charge in [0.1, 0.15) is 5.01 Å². The fraction of sp³-hybridized carbons (Fsp3) is 0.769. The van der Waals surface area contributed by atoms with Crippen molar-refractivity contribution in [2.45, 2.75) is 59.2 Å². The van der Waals surface area contributed by atoms with Crippen molar-refractivity contribution in [3.63, 3.8) is 0 Å². The molecule has 98 valence electrons. The molecule has 0 spiro atoms. The van der Waals surface area contributed by atoms with E-state index in [0.717, 1.165) is 11.6 Å². The molecule has 1 rings (SSSR count). The number of nitrogens with zero attached hydrogens (tertiary/aromatic N) is 1. The van der Waals surface area contributed by atoms with Crippen LogP contribution in [0.1, 0.15) is 50.2 Å². The Balaban J connectivity index is 2.91. The zero-order valence-corrected chi connectivity index (χ0v) is 12.6. The highest BCUT2D eigenvalue weighted by molar-refractivity contribution is 7.11. The molecule has 17 heavy (non-hydrogen) atoms. The van der Waals surface area contributed by atoms with Gasteiger partial charge < -0.3 is 10.1 Å². The third-order valence-electron chi connectivity index (χ3n) is 2.39. The van der Waals surface area contributed by atoms with Crippen LogP contribution in [-0.4, -0.2) is 18.1 Å². The van der Waals surface area contributed by atoms with E-state index in [1.807, 2.05) is 0 Å². The first-order valence-corrected chi connectivity index (χ1v) is 6.87. The minimum Gasteiger partial charge on any atom is -0.378 e. The maximum atomic E-state index is 5.16. The lowest BCUT2D eigenvalue weighted by molar-refractivity contribution is 0.184. The zero-order chi connectivity index (χ0) is 13.1. The number of ether oxygens (including phenoxy) is 1. The largest absolute Gasteiger partial charge is 0.378 e. The molecule has 1 heterocycles. The Morgan fingerprint density at radius 3 is 2.47 bits per heavy atom. The quantitative estimate of drug-likeness (QED) is 0.879. The molecule has 0 saturated heterocycles. The molecule has 1 aromatic rings. The van der Waals surface area contributed by atoms with Gasteiger partial charge in [0.2, 0.25) is 0 Å². The van der Waals surface area contributed by atoms with E-state index in [1.165, 1.54) is 10.6 Å². The Labute approximate surface area is 109 Å². The molecule has 0 unspecified atom stereocenters. The van der Waals surface area contributed by atoms with Crippen molar-refractivity contribution in [2.75, 3.05) is 7.11 Å². The van der Waals surface area contributed by atoms with Gasteiger partial charge in [-0.1, -0.05) is 34.6 Å². The smallest absolute Gasteiger partial charge is 0.119 e. The van der Waals surface area contributed by atoms with E-state index < -0.39 is 0 Å². The third kappa shape index (κ3) is 4.37. The van der Waals surface area contributed by atoms with Crippen molar-refractivity contribution in [1.29, 1.82) is 0 Å². The molecule has 0 radical (unpaired) electrons. The second kappa shape index (κ2) is 5.94. The van der Waals surface area contributed by atoms with Crippen LogP contribution in [0.25, 0.3) is 0 Å². The minimum absolute atomic E-state index is 0.0937. The fourth-order valence-electron chi connectivity index (χ4n) is 1.59. The monoisotopic (exact) mass is 256 g/mol. The highest BCUT2D eigenvalue weighted by Crippen LogP contribution is 2.29. The molecule has 0 aliphatic carbocycles. The van der Waals surface area contributed by atoms with Crippen LogP contribution >= 0.6 is 11.3 Å². The summed E-state index contributed by atoms with van der Waals surface area (Å²) in [6.45, 7) is 12.4. The average molecular weight is 256 g/mol. The summed E-state index contributed by atoms with van der Waals surface area (Å²) >= 11 is 1.75. The summed E-state index contributed by atoms with van der Waals surface area (Å²) in [6.07, 6.45) is 0.